The molecular weight excluding hydrogens is 303 g/mol. The Morgan fingerprint density at radius 2 is 2.17 bits per heavy atom. The van der Waals surface area contributed by atoms with Gasteiger partial charge >= 0.3 is 0 Å². The third kappa shape index (κ3) is 5.46. The maximum atomic E-state index is 12.9. The highest BCUT2D eigenvalue weighted by Gasteiger charge is 2.01. The van der Waals surface area contributed by atoms with Gasteiger partial charge in [-0.25, -0.2) is 10.2 Å². The van der Waals surface area contributed by atoms with E-state index in [2.05, 4.69) is 21.4 Å². The van der Waals surface area contributed by atoms with Crippen LogP contribution < -0.4 is 16.0 Å². The van der Waals surface area contributed by atoms with Crippen LogP contribution in [0.5, 0.6) is 5.75 Å². The van der Waals surface area contributed by atoms with Crippen molar-refractivity contribution in [3.63, 3.8) is 0 Å². The van der Waals surface area contributed by atoms with Crippen molar-refractivity contribution in [3.8, 4) is 5.75 Å². The van der Waals surface area contributed by atoms with Crippen molar-refractivity contribution in [2.75, 3.05) is 6.61 Å². The van der Waals surface area contributed by atoms with Crippen molar-refractivity contribution in [2.24, 2.45) is 5.84 Å². The van der Waals surface area contributed by atoms with E-state index in [9.17, 15) is 9.18 Å². The van der Waals surface area contributed by atoms with E-state index < -0.39 is 0 Å². The van der Waals surface area contributed by atoms with Crippen LogP contribution in [0.3, 0.4) is 0 Å². The minimum atomic E-state index is -0.310. The molecule has 6 heteroatoms. The van der Waals surface area contributed by atoms with Gasteiger partial charge in [0.05, 0.1) is 11.1 Å². The number of carbonyl (C=O) groups is 1. The molecule has 0 heterocycles. The number of unbranched alkanes of at least 4 members (excludes halogenated alkanes) is 2. The molecular formula is C12H16BrFN2O2. The van der Waals surface area contributed by atoms with E-state index in [-0.39, 0.29) is 11.7 Å². The molecule has 0 unspecified atom stereocenters. The van der Waals surface area contributed by atoms with E-state index in [4.69, 9.17) is 10.6 Å². The van der Waals surface area contributed by atoms with Crippen molar-refractivity contribution < 1.29 is 13.9 Å². The second kappa shape index (κ2) is 8.05. The largest absolute Gasteiger partial charge is 0.494 e. The average molecular weight is 319 g/mol. The van der Waals surface area contributed by atoms with Gasteiger partial charge in [0.25, 0.3) is 0 Å². The first-order valence-electron chi connectivity index (χ1n) is 5.71. The Bertz CT molecular complexity index is 402. The zero-order valence-electron chi connectivity index (χ0n) is 9.92. The van der Waals surface area contributed by atoms with Crippen LogP contribution in [0.2, 0.25) is 0 Å². The lowest BCUT2D eigenvalue weighted by atomic mass is 10.2. The van der Waals surface area contributed by atoms with Crippen LogP contribution in [0.1, 0.15) is 25.7 Å². The summed E-state index contributed by atoms with van der Waals surface area (Å²) in [5.41, 5.74) is 2.08. The number of hydrazine groups is 1. The zero-order chi connectivity index (χ0) is 13.4. The Balaban J connectivity index is 2.14. The minimum absolute atomic E-state index is 0.154. The molecule has 0 aliphatic rings. The molecule has 0 aromatic heterocycles. The fourth-order valence-corrected chi connectivity index (χ4v) is 1.75. The van der Waals surface area contributed by atoms with Gasteiger partial charge in [-0.05, 0) is 53.4 Å². The van der Waals surface area contributed by atoms with Gasteiger partial charge in [0.2, 0.25) is 5.91 Å². The summed E-state index contributed by atoms with van der Waals surface area (Å²) in [5, 5.41) is 0. The molecule has 1 rings (SSSR count). The quantitative estimate of drug-likeness (QED) is 0.351. The predicted octanol–water partition coefficient (Wildman–Crippen LogP) is 2.52. The summed E-state index contributed by atoms with van der Waals surface area (Å²) in [6.45, 7) is 0.544. The highest BCUT2D eigenvalue weighted by molar-refractivity contribution is 9.10. The number of carbonyl (C=O) groups excluding carboxylic acids is 1. The number of rotatable bonds is 7. The molecule has 1 amide bonds. The molecule has 0 saturated heterocycles. The number of nitrogens with one attached hydrogen (secondary N) is 1. The summed E-state index contributed by atoms with van der Waals surface area (Å²) in [6, 6.07) is 4.53. The minimum Gasteiger partial charge on any atom is -0.494 e. The molecule has 0 aliphatic heterocycles. The van der Waals surface area contributed by atoms with Crippen molar-refractivity contribution in [2.45, 2.75) is 25.7 Å². The molecule has 4 nitrogen and oxygen atoms in total. The Morgan fingerprint density at radius 1 is 1.39 bits per heavy atom. The van der Waals surface area contributed by atoms with Crippen LogP contribution in [0, 0.1) is 5.82 Å². The maximum absolute atomic E-state index is 12.9. The lowest BCUT2D eigenvalue weighted by Gasteiger charge is -2.06. The Hall–Kier alpha value is -1.14. The van der Waals surface area contributed by atoms with Gasteiger partial charge in [0.15, 0.2) is 0 Å². The number of benzene rings is 1. The standard InChI is InChI=1S/C12H16BrFN2O2/c13-10-8-9(5-6-11(10)14)18-7-3-1-2-4-12(17)16-15/h5-6,8H,1-4,7,15H2,(H,16,17). The molecule has 0 radical (unpaired) electrons. The first-order valence-corrected chi connectivity index (χ1v) is 6.50. The smallest absolute Gasteiger partial charge is 0.233 e. The van der Waals surface area contributed by atoms with Gasteiger partial charge in [-0.2, -0.15) is 0 Å². The van der Waals surface area contributed by atoms with Crippen LogP contribution in [-0.2, 0) is 4.79 Å². The van der Waals surface area contributed by atoms with Crippen LogP contribution in [-0.4, -0.2) is 12.5 Å². The van der Waals surface area contributed by atoms with Gasteiger partial charge < -0.3 is 4.74 Å². The van der Waals surface area contributed by atoms with Crippen LogP contribution in [0.25, 0.3) is 0 Å². The van der Waals surface area contributed by atoms with E-state index in [0.29, 0.717) is 23.2 Å². The summed E-state index contributed by atoms with van der Waals surface area (Å²) >= 11 is 3.09. The highest BCUT2D eigenvalue weighted by Crippen LogP contribution is 2.21. The summed E-state index contributed by atoms with van der Waals surface area (Å²) in [6.07, 6.45) is 2.93. The summed E-state index contributed by atoms with van der Waals surface area (Å²) in [7, 11) is 0. The third-order valence-electron chi connectivity index (χ3n) is 2.37. The topological polar surface area (TPSA) is 64.3 Å². The first kappa shape index (κ1) is 14.9. The maximum Gasteiger partial charge on any atom is 0.233 e. The molecule has 0 aliphatic carbocycles. The van der Waals surface area contributed by atoms with Crippen molar-refractivity contribution >= 4 is 21.8 Å². The molecule has 3 N–H and O–H groups in total. The van der Waals surface area contributed by atoms with Gasteiger partial charge in [-0.15, -0.1) is 0 Å². The molecule has 0 bridgehead atoms. The average Bonchev–Trinajstić information content (AvgIpc) is 2.37. The Morgan fingerprint density at radius 3 is 2.83 bits per heavy atom. The molecule has 0 spiro atoms. The number of ether oxygens (including phenoxy) is 1. The lowest BCUT2D eigenvalue weighted by Crippen LogP contribution is -2.29. The second-order valence-corrected chi connectivity index (χ2v) is 4.66. The van der Waals surface area contributed by atoms with Crippen LogP contribution in [0.15, 0.2) is 22.7 Å². The lowest BCUT2D eigenvalue weighted by molar-refractivity contribution is -0.121. The van der Waals surface area contributed by atoms with Crippen molar-refractivity contribution in [1.29, 1.82) is 0 Å². The van der Waals surface area contributed by atoms with E-state index in [1.807, 2.05) is 0 Å². The number of hydrogen-bond donors (Lipinski definition) is 2. The molecule has 0 atom stereocenters. The highest BCUT2D eigenvalue weighted by atomic mass is 79.9. The van der Waals surface area contributed by atoms with E-state index in [0.717, 1.165) is 19.3 Å². The molecule has 0 fully saturated rings. The van der Waals surface area contributed by atoms with Gasteiger partial charge in [0, 0.05) is 6.42 Å². The third-order valence-corrected chi connectivity index (χ3v) is 2.98. The van der Waals surface area contributed by atoms with Gasteiger partial charge in [0.1, 0.15) is 11.6 Å². The number of hydrogen-bond acceptors (Lipinski definition) is 3. The first-order chi connectivity index (χ1) is 8.63. The molecule has 1 aromatic carbocycles. The van der Waals surface area contributed by atoms with Crippen LogP contribution in [0.4, 0.5) is 4.39 Å². The molecule has 1 aromatic rings. The van der Waals surface area contributed by atoms with E-state index in [1.165, 1.54) is 6.07 Å². The Labute approximate surface area is 114 Å². The normalized spacial score (nSPS) is 10.2. The van der Waals surface area contributed by atoms with Crippen molar-refractivity contribution in [3.05, 3.63) is 28.5 Å². The molecule has 100 valence electrons. The Kier molecular flexibility index (Phi) is 6.67. The van der Waals surface area contributed by atoms with Gasteiger partial charge in [-0.3, -0.25) is 10.2 Å². The predicted molar refractivity (Wildman–Crippen MR) is 70.4 cm³/mol. The monoisotopic (exact) mass is 318 g/mol. The second-order valence-electron chi connectivity index (χ2n) is 3.80. The summed E-state index contributed by atoms with van der Waals surface area (Å²) in [5.74, 6) is 5.12. The fourth-order valence-electron chi connectivity index (χ4n) is 1.39. The molecule has 18 heavy (non-hydrogen) atoms. The number of halogens is 2. The van der Waals surface area contributed by atoms with Crippen LogP contribution >= 0.6 is 15.9 Å². The van der Waals surface area contributed by atoms with Gasteiger partial charge in [-0.1, -0.05) is 0 Å². The van der Waals surface area contributed by atoms with E-state index in [1.54, 1.807) is 12.1 Å². The number of nitrogens with two attached hydrogens (primary N) is 1. The van der Waals surface area contributed by atoms with E-state index >= 15 is 0 Å². The zero-order valence-corrected chi connectivity index (χ0v) is 11.5. The molecule has 0 saturated carbocycles. The van der Waals surface area contributed by atoms with Crippen molar-refractivity contribution in [1.82, 2.24) is 5.43 Å². The fraction of sp³-hybridized carbons (Fsp3) is 0.417. The summed E-state index contributed by atoms with van der Waals surface area (Å²) in [4.78, 5) is 10.8. The SMILES string of the molecule is NNC(=O)CCCCCOc1ccc(F)c(Br)c1. The summed E-state index contributed by atoms with van der Waals surface area (Å²) < 4.78 is 18.8. The number of amides is 1.